The van der Waals surface area contributed by atoms with Crippen LogP contribution in [0, 0.1) is 25.2 Å². The molecule has 0 aliphatic carbocycles. The first-order valence-corrected chi connectivity index (χ1v) is 17.2. The summed E-state index contributed by atoms with van der Waals surface area (Å²) in [5.74, 6) is -3.05. The summed E-state index contributed by atoms with van der Waals surface area (Å²) in [5.41, 5.74) is 15.1. The van der Waals surface area contributed by atoms with Crippen molar-refractivity contribution in [1.29, 1.82) is 5.26 Å². The van der Waals surface area contributed by atoms with Gasteiger partial charge < -0.3 is 47.5 Å². The number of carbonyl (C=O) groups excluding carboxylic acids is 5. The molecule has 0 spiro atoms. The van der Waals surface area contributed by atoms with Crippen LogP contribution in [0.3, 0.4) is 0 Å². The zero-order chi connectivity index (χ0) is 38.8. The Bertz CT molecular complexity index is 1910. The average Bonchev–Trinajstić information content (AvgIpc) is 3.12. The second-order valence-corrected chi connectivity index (χ2v) is 12.9. The number of benzene rings is 3. The molecule has 3 aromatic rings. The van der Waals surface area contributed by atoms with Crippen molar-refractivity contribution in [2.45, 2.75) is 57.8 Å². The van der Waals surface area contributed by atoms with Gasteiger partial charge in [0, 0.05) is 36.7 Å². The molecule has 0 fully saturated rings. The van der Waals surface area contributed by atoms with Crippen molar-refractivity contribution in [1.82, 2.24) is 26.2 Å². The van der Waals surface area contributed by atoms with Gasteiger partial charge in [0.1, 0.15) is 48.8 Å². The van der Waals surface area contributed by atoms with Gasteiger partial charge in [0.05, 0.1) is 6.07 Å². The number of nitrogens with one attached hydrogen (secondary N) is 4. The predicted octanol–water partition coefficient (Wildman–Crippen LogP) is 0.846. The van der Waals surface area contributed by atoms with Gasteiger partial charge in [0.2, 0.25) is 23.6 Å². The summed E-state index contributed by atoms with van der Waals surface area (Å²) in [4.78, 5) is 69.6. The first kappa shape index (κ1) is 39.8. The number of likely N-dealkylation sites (N-methyl/N-ethyl adjacent to an activating group) is 1. The van der Waals surface area contributed by atoms with Crippen LogP contribution in [-0.4, -0.2) is 91.0 Å². The van der Waals surface area contributed by atoms with E-state index in [0.29, 0.717) is 28.0 Å². The van der Waals surface area contributed by atoms with Crippen molar-refractivity contribution in [2.24, 2.45) is 11.5 Å². The number of aromatic hydroxyl groups is 1. The molecule has 4 atom stereocenters. The molecule has 3 aromatic carbocycles. The van der Waals surface area contributed by atoms with Crippen LogP contribution < -0.4 is 37.5 Å². The molecule has 0 radical (unpaired) electrons. The summed E-state index contributed by atoms with van der Waals surface area (Å²) in [5, 5.41) is 30.8. The monoisotopic (exact) mass is 726 g/mol. The van der Waals surface area contributed by atoms with Crippen molar-refractivity contribution < 1.29 is 33.8 Å². The number of phenols is 1. The number of nitrogens with two attached hydrogens (primary N) is 2. The molecular formula is C38H46N8O7. The Morgan fingerprint density at radius 3 is 2.45 bits per heavy atom. The van der Waals surface area contributed by atoms with Crippen LogP contribution in [0.1, 0.15) is 52.0 Å². The Hall–Kier alpha value is -5.98. The van der Waals surface area contributed by atoms with Crippen molar-refractivity contribution >= 4 is 29.5 Å². The first-order chi connectivity index (χ1) is 25.3. The van der Waals surface area contributed by atoms with Gasteiger partial charge in [-0.05, 0) is 80.8 Å². The van der Waals surface area contributed by atoms with E-state index in [9.17, 15) is 29.1 Å². The lowest BCUT2D eigenvalue weighted by Gasteiger charge is -2.32. The third-order valence-corrected chi connectivity index (χ3v) is 8.88. The largest absolute Gasteiger partial charge is 0.507 e. The van der Waals surface area contributed by atoms with Crippen LogP contribution in [-0.2, 0) is 25.6 Å². The van der Waals surface area contributed by atoms with Crippen LogP contribution in [0.2, 0.25) is 0 Å². The van der Waals surface area contributed by atoms with E-state index in [4.69, 9.17) is 21.5 Å². The summed E-state index contributed by atoms with van der Waals surface area (Å²) >= 11 is 0. The Morgan fingerprint density at radius 2 is 1.77 bits per heavy atom. The van der Waals surface area contributed by atoms with Gasteiger partial charge in [0.15, 0.2) is 0 Å². The Kier molecular flexibility index (Phi) is 13.5. The zero-order valence-corrected chi connectivity index (χ0v) is 30.2. The Balaban J connectivity index is 1.83. The maximum Gasteiger partial charge on any atom is 0.252 e. The standard InChI is InChI=1S/C38H46N8O7/c1-21-5-8-26(22(2)17-21)35(49)44-29(11-12-39)38(52)46(4)33-25-7-9-31(47)27(20-25)28-18-24(6-10-32(28)53-16-14-41)19-30(36(50)42-15-13-40)45-34(48)23(3)43-37(33)51/h5-10,17-18,20,23,29-30,33,47H,11-12,14-16,19,39,41H2,1-4H3,(H,42,50)(H,43,51)(H,44,49)(H,45,48)/t23-,29-,30-,33-/m0/s1. The van der Waals surface area contributed by atoms with Gasteiger partial charge >= 0.3 is 0 Å². The van der Waals surface area contributed by atoms with E-state index >= 15 is 0 Å². The van der Waals surface area contributed by atoms with E-state index in [-0.39, 0.29) is 56.0 Å². The van der Waals surface area contributed by atoms with E-state index in [1.165, 1.54) is 32.2 Å². The molecular weight excluding hydrogens is 680 g/mol. The first-order valence-electron chi connectivity index (χ1n) is 17.2. The molecule has 4 rings (SSSR count). The maximum absolute atomic E-state index is 14.2. The number of nitriles is 1. The van der Waals surface area contributed by atoms with E-state index in [0.717, 1.165) is 10.5 Å². The lowest BCUT2D eigenvalue weighted by Crippen LogP contribution is -2.56. The molecule has 15 heteroatoms. The predicted molar refractivity (Wildman–Crippen MR) is 196 cm³/mol. The number of rotatable bonds is 11. The SMILES string of the molecule is Cc1ccc(C(=O)N[C@@H](CCN)C(=O)N(C)[C@@H]2C(=O)N[C@@H](C)C(=O)N[C@H](C(=O)NCC#N)Cc3ccc(OCCN)c(c3)-c3cc2ccc3O)c(C)c1. The number of hydrogen-bond acceptors (Lipinski definition) is 10. The Morgan fingerprint density at radius 1 is 1.02 bits per heavy atom. The van der Waals surface area contributed by atoms with Gasteiger partial charge in [-0.15, -0.1) is 0 Å². The number of phenolic OH excluding ortho intramolecular Hbond substituents is 1. The molecule has 0 saturated carbocycles. The van der Waals surface area contributed by atoms with Gasteiger partial charge in [-0.3, -0.25) is 24.0 Å². The topological polar surface area (TPSA) is 242 Å². The maximum atomic E-state index is 14.2. The van der Waals surface area contributed by atoms with Crippen molar-refractivity contribution in [2.75, 3.05) is 33.3 Å². The number of amides is 5. The summed E-state index contributed by atoms with van der Waals surface area (Å²) < 4.78 is 5.91. The molecule has 5 amide bonds. The van der Waals surface area contributed by atoms with Gasteiger partial charge in [-0.2, -0.15) is 5.26 Å². The highest BCUT2D eigenvalue weighted by molar-refractivity contribution is 6.00. The second-order valence-electron chi connectivity index (χ2n) is 12.9. The van der Waals surface area contributed by atoms with Gasteiger partial charge in [-0.1, -0.05) is 29.8 Å². The highest BCUT2D eigenvalue weighted by Gasteiger charge is 2.36. The molecule has 53 heavy (non-hydrogen) atoms. The lowest BCUT2D eigenvalue weighted by molar-refractivity contribution is -0.141. The van der Waals surface area contributed by atoms with Crippen LogP contribution in [0.25, 0.3) is 11.1 Å². The molecule has 0 aromatic heterocycles. The Labute approximate surface area is 308 Å². The smallest absolute Gasteiger partial charge is 0.252 e. The summed E-state index contributed by atoms with van der Waals surface area (Å²) in [6, 6.07) is 11.7. The van der Waals surface area contributed by atoms with Gasteiger partial charge in [-0.25, -0.2) is 0 Å². The van der Waals surface area contributed by atoms with Crippen LogP contribution in [0.5, 0.6) is 11.5 Å². The number of ether oxygens (including phenoxy) is 1. The number of hydrogen-bond donors (Lipinski definition) is 7. The lowest BCUT2D eigenvalue weighted by atomic mass is 9.93. The summed E-state index contributed by atoms with van der Waals surface area (Å²) in [6.07, 6.45) is 0.0439. The fraction of sp³-hybridized carbons (Fsp3) is 0.368. The molecule has 1 aliphatic heterocycles. The van der Waals surface area contributed by atoms with Crippen molar-refractivity contribution in [3.05, 3.63) is 82.4 Å². The minimum Gasteiger partial charge on any atom is -0.507 e. The molecule has 9 N–H and O–H groups in total. The van der Waals surface area contributed by atoms with E-state index in [1.54, 1.807) is 37.3 Å². The number of aryl methyl sites for hydroxylation is 2. The number of carbonyl (C=O) groups is 5. The van der Waals surface area contributed by atoms with Crippen molar-refractivity contribution in [3.8, 4) is 28.7 Å². The van der Waals surface area contributed by atoms with E-state index < -0.39 is 53.7 Å². The van der Waals surface area contributed by atoms with Crippen LogP contribution in [0.4, 0.5) is 0 Å². The normalized spacial score (nSPS) is 17.6. The molecule has 0 unspecified atom stereocenters. The molecule has 1 aliphatic rings. The zero-order valence-electron chi connectivity index (χ0n) is 30.2. The number of fused-ring (bicyclic) bond motifs is 5. The fourth-order valence-corrected chi connectivity index (χ4v) is 6.15. The highest BCUT2D eigenvalue weighted by Crippen LogP contribution is 2.39. The summed E-state index contributed by atoms with van der Waals surface area (Å²) in [6.45, 7) is 5.19. The van der Waals surface area contributed by atoms with Crippen molar-refractivity contribution in [3.63, 3.8) is 0 Å². The minimum atomic E-state index is -1.38. The van der Waals surface area contributed by atoms with E-state index in [1.807, 2.05) is 19.1 Å². The van der Waals surface area contributed by atoms with Gasteiger partial charge in [0.25, 0.3) is 5.91 Å². The quantitative estimate of drug-likeness (QED) is 0.137. The average molecular weight is 727 g/mol. The molecule has 280 valence electrons. The molecule has 1 heterocycles. The molecule has 4 bridgehead atoms. The third-order valence-electron chi connectivity index (χ3n) is 8.88. The van der Waals surface area contributed by atoms with Crippen LogP contribution >= 0.6 is 0 Å². The minimum absolute atomic E-state index is 0.00941. The fourth-order valence-electron chi connectivity index (χ4n) is 6.15. The van der Waals surface area contributed by atoms with Crippen LogP contribution in [0.15, 0.2) is 54.6 Å². The highest BCUT2D eigenvalue weighted by atomic mass is 16.5. The second kappa shape index (κ2) is 18.0. The third kappa shape index (κ3) is 9.67. The van der Waals surface area contributed by atoms with E-state index in [2.05, 4.69) is 21.3 Å². The number of nitrogens with zero attached hydrogens (tertiary/aromatic N) is 2. The molecule has 15 nitrogen and oxygen atoms in total. The summed E-state index contributed by atoms with van der Waals surface area (Å²) in [7, 11) is 1.39. The molecule has 0 saturated heterocycles.